The number of amides is 2. The molecule has 2 amide bonds. The first kappa shape index (κ1) is 26.5. The van der Waals surface area contributed by atoms with Crippen molar-refractivity contribution in [2.45, 2.75) is 89.4 Å². The number of rotatable bonds is 8. The number of β-amino-alcohol motifs (C(OH)–C–C–N with tert-alkyl or cyclic N) is 1. The quantitative estimate of drug-likeness (QED) is 0.544. The Hall–Kier alpha value is -3.14. The van der Waals surface area contributed by atoms with E-state index in [1.165, 1.54) is 4.90 Å². The molecular formula is C28H39N5O5. The van der Waals surface area contributed by atoms with Crippen LogP contribution in [0.3, 0.4) is 0 Å². The number of likely N-dealkylation sites (tertiary alicyclic amines) is 1. The van der Waals surface area contributed by atoms with Gasteiger partial charge in [0.1, 0.15) is 23.6 Å². The summed E-state index contributed by atoms with van der Waals surface area (Å²) in [4.78, 5) is 28.9. The van der Waals surface area contributed by atoms with Crippen molar-refractivity contribution in [1.82, 2.24) is 25.2 Å². The Morgan fingerprint density at radius 1 is 1.13 bits per heavy atom. The number of benzene rings is 1. The van der Waals surface area contributed by atoms with Crippen molar-refractivity contribution in [3.05, 3.63) is 35.2 Å². The van der Waals surface area contributed by atoms with E-state index in [-0.39, 0.29) is 36.7 Å². The number of aliphatic hydroxyl groups is 1. The van der Waals surface area contributed by atoms with Crippen molar-refractivity contribution >= 4 is 11.8 Å². The lowest BCUT2D eigenvalue weighted by molar-refractivity contribution is -0.144. The van der Waals surface area contributed by atoms with Gasteiger partial charge in [-0.3, -0.25) is 9.59 Å². The van der Waals surface area contributed by atoms with Gasteiger partial charge in [-0.15, -0.1) is 5.10 Å². The summed E-state index contributed by atoms with van der Waals surface area (Å²) in [6.07, 6.45) is 4.27. The molecule has 5 atom stereocenters. The second-order valence-electron chi connectivity index (χ2n) is 12.1. The van der Waals surface area contributed by atoms with Gasteiger partial charge in [-0.2, -0.15) is 0 Å². The number of carbonyl (C=O) groups is 2. The predicted octanol–water partition coefficient (Wildman–Crippen LogP) is 2.70. The molecule has 0 spiro atoms. The van der Waals surface area contributed by atoms with Crippen molar-refractivity contribution in [2.75, 3.05) is 20.8 Å². The van der Waals surface area contributed by atoms with Gasteiger partial charge < -0.3 is 24.8 Å². The maximum atomic E-state index is 13.9. The molecule has 38 heavy (non-hydrogen) atoms. The van der Waals surface area contributed by atoms with Crippen molar-refractivity contribution in [3.8, 4) is 11.5 Å². The van der Waals surface area contributed by atoms with Crippen molar-refractivity contribution in [3.63, 3.8) is 0 Å². The number of hydrogen-bond acceptors (Lipinski definition) is 7. The average molecular weight is 526 g/mol. The van der Waals surface area contributed by atoms with Crippen LogP contribution >= 0.6 is 0 Å². The second kappa shape index (κ2) is 9.87. The van der Waals surface area contributed by atoms with Crippen LogP contribution < -0.4 is 14.8 Å². The third-order valence-electron chi connectivity index (χ3n) is 7.97. The van der Waals surface area contributed by atoms with Crippen LogP contribution in [0.5, 0.6) is 11.5 Å². The summed E-state index contributed by atoms with van der Waals surface area (Å²) in [7, 11) is 3.27. The summed E-state index contributed by atoms with van der Waals surface area (Å²) in [5.41, 5.74) is 2.41. The summed E-state index contributed by atoms with van der Waals surface area (Å²) in [5.74, 6) is 1.59. The number of hydrogen-bond donors (Lipinski definition) is 2. The molecule has 1 aromatic carbocycles. The minimum absolute atomic E-state index is 0.0756. The van der Waals surface area contributed by atoms with E-state index in [1.54, 1.807) is 18.9 Å². The number of aliphatic hydroxyl groups excluding tert-OH is 1. The molecule has 2 N–H and O–H groups in total. The summed E-state index contributed by atoms with van der Waals surface area (Å²) >= 11 is 0. The first-order valence-electron chi connectivity index (χ1n) is 13.4. The Balaban J connectivity index is 1.31. The number of methoxy groups -OCH3 is 2. The zero-order valence-corrected chi connectivity index (χ0v) is 23.1. The van der Waals surface area contributed by atoms with Crippen molar-refractivity contribution < 1.29 is 24.2 Å². The molecule has 0 bridgehead atoms. The minimum Gasteiger partial charge on any atom is -0.496 e. The lowest BCUT2D eigenvalue weighted by Crippen LogP contribution is -2.50. The van der Waals surface area contributed by atoms with E-state index < -0.39 is 23.6 Å². The Morgan fingerprint density at radius 3 is 2.47 bits per heavy atom. The summed E-state index contributed by atoms with van der Waals surface area (Å²) in [5, 5.41) is 22.2. The summed E-state index contributed by atoms with van der Waals surface area (Å²) in [6.45, 7) is 8.02. The van der Waals surface area contributed by atoms with Crippen LogP contribution in [0.25, 0.3) is 0 Å². The van der Waals surface area contributed by atoms with Crippen LogP contribution in [0, 0.1) is 12.3 Å². The third-order valence-corrected chi connectivity index (χ3v) is 7.97. The second-order valence-corrected chi connectivity index (χ2v) is 12.1. The number of aryl methyl sites for hydroxylation is 1. The maximum Gasteiger partial charge on any atom is 0.248 e. The fourth-order valence-electron chi connectivity index (χ4n) is 5.67. The summed E-state index contributed by atoms with van der Waals surface area (Å²) in [6, 6.07) is 2.46. The molecule has 2 aliphatic carbocycles. The molecule has 1 aromatic heterocycles. The van der Waals surface area contributed by atoms with Crippen LogP contribution in [0.2, 0.25) is 0 Å². The van der Waals surface area contributed by atoms with E-state index in [1.807, 2.05) is 46.0 Å². The highest BCUT2D eigenvalue weighted by Crippen LogP contribution is 2.47. The van der Waals surface area contributed by atoms with Gasteiger partial charge in [-0.1, -0.05) is 26.0 Å². The van der Waals surface area contributed by atoms with E-state index in [0.29, 0.717) is 5.92 Å². The van der Waals surface area contributed by atoms with Crippen LogP contribution in [0.15, 0.2) is 18.3 Å². The van der Waals surface area contributed by atoms with E-state index in [4.69, 9.17) is 9.47 Å². The molecule has 2 aromatic rings. The Labute approximate surface area is 223 Å². The zero-order valence-electron chi connectivity index (χ0n) is 23.1. The first-order valence-corrected chi connectivity index (χ1v) is 13.4. The molecular weight excluding hydrogens is 486 g/mol. The SMILES string of the molecule is COc1cc([C@@H]2C[C@H]2NC(=O)[C@@H]2C[C@@H](O)CN2C(=O)[C@@H](n2cc(C3CC3)nn2)C(C)(C)C)c(OC)cc1C. The molecule has 3 aliphatic rings. The topological polar surface area (TPSA) is 119 Å². The highest BCUT2D eigenvalue weighted by Gasteiger charge is 2.48. The fraction of sp³-hybridized carbons (Fsp3) is 0.643. The number of nitrogens with one attached hydrogen (secondary N) is 1. The van der Waals surface area contributed by atoms with Gasteiger partial charge >= 0.3 is 0 Å². The van der Waals surface area contributed by atoms with E-state index >= 15 is 0 Å². The molecule has 1 saturated heterocycles. The molecule has 206 valence electrons. The van der Waals surface area contributed by atoms with Crippen LogP contribution in [-0.2, 0) is 9.59 Å². The number of aromatic nitrogens is 3. The van der Waals surface area contributed by atoms with Crippen molar-refractivity contribution in [2.24, 2.45) is 5.41 Å². The summed E-state index contributed by atoms with van der Waals surface area (Å²) < 4.78 is 12.7. The van der Waals surface area contributed by atoms with E-state index in [2.05, 4.69) is 15.6 Å². The molecule has 5 rings (SSSR count). The molecule has 0 radical (unpaired) electrons. The lowest BCUT2D eigenvalue weighted by Gasteiger charge is -2.34. The Bertz CT molecular complexity index is 1220. The standard InChI is InChI=1S/C28H39N5O5/c1-15-9-24(38-6)19(12-23(15)37-5)18-11-20(18)29-26(35)22-10-17(34)13-32(22)27(36)25(28(2,3)4)33-14-21(30-31-33)16-7-8-16/h9,12,14,16-18,20,22,25,34H,7-8,10-11,13H2,1-6H3,(H,29,35)/t17-,18+,20-,22+,25-/m1/s1. The number of nitrogens with zero attached hydrogens (tertiary/aromatic N) is 4. The van der Waals surface area contributed by atoms with Crippen LogP contribution in [-0.4, -0.2) is 75.8 Å². The molecule has 3 fully saturated rings. The van der Waals surface area contributed by atoms with Gasteiger partial charge in [-0.05, 0) is 49.3 Å². The smallest absolute Gasteiger partial charge is 0.248 e. The molecule has 1 aliphatic heterocycles. The maximum absolute atomic E-state index is 13.9. The average Bonchev–Trinajstić information content (AvgIpc) is 3.76. The highest BCUT2D eigenvalue weighted by atomic mass is 16.5. The normalized spacial score (nSPS) is 25.7. The van der Waals surface area contributed by atoms with Gasteiger partial charge in [-0.25, -0.2) is 4.68 Å². The van der Waals surface area contributed by atoms with Crippen LogP contribution in [0.4, 0.5) is 0 Å². The molecule has 0 unspecified atom stereocenters. The number of ether oxygens (including phenoxy) is 2. The highest BCUT2D eigenvalue weighted by molar-refractivity contribution is 5.90. The molecule has 2 saturated carbocycles. The van der Waals surface area contributed by atoms with E-state index in [9.17, 15) is 14.7 Å². The molecule has 2 heterocycles. The van der Waals surface area contributed by atoms with Gasteiger partial charge in [0.25, 0.3) is 0 Å². The van der Waals surface area contributed by atoms with Gasteiger partial charge in [0, 0.05) is 42.6 Å². The largest absolute Gasteiger partial charge is 0.496 e. The van der Waals surface area contributed by atoms with Crippen molar-refractivity contribution in [1.29, 1.82) is 0 Å². The Kier molecular flexibility index (Phi) is 6.87. The molecule has 10 heteroatoms. The third kappa shape index (κ3) is 5.10. The van der Waals surface area contributed by atoms with Gasteiger partial charge in [0.2, 0.25) is 11.8 Å². The number of carbonyl (C=O) groups excluding carboxylic acids is 2. The van der Waals surface area contributed by atoms with Gasteiger partial charge in [0.15, 0.2) is 0 Å². The zero-order chi connectivity index (χ0) is 27.4. The predicted molar refractivity (Wildman–Crippen MR) is 140 cm³/mol. The Morgan fingerprint density at radius 2 is 1.84 bits per heavy atom. The molecule has 10 nitrogen and oxygen atoms in total. The lowest BCUT2D eigenvalue weighted by atomic mass is 9.85. The minimum atomic E-state index is -0.760. The van der Waals surface area contributed by atoms with Gasteiger partial charge in [0.05, 0.1) is 26.0 Å². The van der Waals surface area contributed by atoms with E-state index in [0.717, 1.165) is 47.6 Å². The first-order chi connectivity index (χ1) is 18.0. The fourth-order valence-corrected chi connectivity index (χ4v) is 5.67. The monoisotopic (exact) mass is 525 g/mol. The van der Waals surface area contributed by atoms with Crippen LogP contribution in [0.1, 0.15) is 81.2 Å².